The van der Waals surface area contributed by atoms with Crippen molar-refractivity contribution in [2.24, 2.45) is 5.92 Å². The van der Waals surface area contributed by atoms with Crippen LogP contribution in [0.2, 0.25) is 0 Å². The molecule has 1 amide bonds. The molecule has 116 valence electrons. The molecule has 0 spiro atoms. The van der Waals surface area contributed by atoms with E-state index < -0.39 is 0 Å². The van der Waals surface area contributed by atoms with Crippen LogP contribution in [0.4, 0.5) is 0 Å². The molecule has 1 saturated carbocycles. The molecular weight excluding hydrogens is 264 g/mol. The van der Waals surface area contributed by atoms with Crippen molar-refractivity contribution in [1.29, 1.82) is 0 Å². The van der Waals surface area contributed by atoms with Crippen LogP contribution < -0.4 is 0 Å². The third kappa shape index (κ3) is 2.83. The maximum Gasteiger partial charge on any atom is 0.293 e. The van der Waals surface area contributed by atoms with Gasteiger partial charge in [-0.2, -0.15) is 0 Å². The fraction of sp³-hybridized carbons (Fsp3) is 0.812. The molecule has 1 aromatic rings. The van der Waals surface area contributed by atoms with Gasteiger partial charge in [0.25, 0.3) is 5.91 Å². The van der Waals surface area contributed by atoms with Crippen LogP contribution in [0, 0.1) is 5.92 Å². The molecule has 2 unspecified atom stereocenters. The van der Waals surface area contributed by atoms with E-state index >= 15 is 0 Å². The van der Waals surface area contributed by atoms with Crippen molar-refractivity contribution in [3.63, 3.8) is 0 Å². The standard InChI is InChI=1S/C16H26N4O/c1-16(2,3)15-17-13(18-19-15)14(21)20-10-6-8-11-7-4-5-9-12(11)20/h11-12H,4-10H2,1-3H3,(H,17,18,19). The summed E-state index contributed by atoms with van der Waals surface area (Å²) in [4.78, 5) is 19.3. The van der Waals surface area contributed by atoms with E-state index in [1.807, 2.05) is 4.90 Å². The van der Waals surface area contributed by atoms with E-state index in [4.69, 9.17) is 0 Å². The van der Waals surface area contributed by atoms with E-state index in [0.29, 0.717) is 17.8 Å². The molecule has 0 bridgehead atoms. The van der Waals surface area contributed by atoms with Crippen LogP contribution in [0.3, 0.4) is 0 Å². The Labute approximate surface area is 126 Å². The number of nitrogens with zero attached hydrogens (tertiary/aromatic N) is 3. The van der Waals surface area contributed by atoms with Crippen molar-refractivity contribution in [2.75, 3.05) is 6.54 Å². The topological polar surface area (TPSA) is 61.9 Å². The van der Waals surface area contributed by atoms with E-state index in [0.717, 1.165) is 25.2 Å². The first-order chi connectivity index (χ1) is 9.97. The van der Waals surface area contributed by atoms with Gasteiger partial charge in [-0.25, -0.2) is 4.98 Å². The third-order valence-electron chi connectivity index (χ3n) is 4.89. The lowest BCUT2D eigenvalue weighted by atomic mass is 9.78. The Kier molecular flexibility index (Phi) is 3.76. The summed E-state index contributed by atoms with van der Waals surface area (Å²) in [5.41, 5.74) is -0.110. The van der Waals surface area contributed by atoms with E-state index in [1.165, 1.54) is 25.7 Å². The number of hydrogen-bond acceptors (Lipinski definition) is 3. The normalized spacial score (nSPS) is 26.5. The van der Waals surface area contributed by atoms with Gasteiger partial charge in [0.2, 0.25) is 5.82 Å². The summed E-state index contributed by atoms with van der Waals surface area (Å²) in [6.45, 7) is 7.07. The second kappa shape index (κ2) is 5.43. The molecule has 1 aromatic heterocycles. The minimum Gasteiger partial charge on any atom is -0.333 e. The Morgan fingerprint density at radius 1 is 1.19 bits per heavy atom. The van der Waals surface area contributed by atoms with E-state index in [-0.39, 0.29) is 11.3 Å². The highest BCUT2D eigenvalue weighted by atomic mass is 16.2. The van der Waals surface area contributed by atoms with Crippen molar-refractivity contribution in [1.82, 2.24) is 20.1 Å². The number of aromatic nitrogens is 3. The number of piperidine rings is 1. The number of H-pyrrole nitrogens is 1. The number of aromatic amines is 1. The molecular formula is C16H26N4O. The van der Waals surface area contributed by atoms with Gasteiger partial charge in [-0.15, -0.1) is 5.10 Å². The van der Waals surface area contributed by atoms with Crippen LogP contribution in [0.25, 0.3) is 0 Å². The number of nitrogens with one attached hydrogen (secondary N) is 1. The molecule has 1 saturated heterocycles. The second-order valence-corrected chi connectivity index (χ2v) is 7.51. The van der Waals surface area contributed by atoms with Crippen LogP contribution in [-0.4, -0.2) is 38.6 Å². The number of hydrogen-bond donors (Lipinski definition) is 1. The highest BCUT2D eigenvalue weighted by Gasteiger charge is 2.37. The smallest absolute Gasteiger partial charge is 0.293 e. The first-order valence-electron chi connectivity index (χ1n) is 8.20. The quantitative estimate of drug-likeness (QED) is 0.865. The Bertz CT molecular complexity index is 515. The lowest BCUT2D eigenvalue weighted by molar-refractivity contribution is 0.0379. The van der Waals surface area contributed by atoms with Gasteiger partial charge in [0.1, 0.15) is 5.82 Å². The number of carbonyl (C=O) groups excluding carboxylic acids is 1. The molecule has 2 fully saturated rings. The monoisotopic (exact) mass is 290 g/mol. The molecule has 2 aliphatic rings. The fourth-order valence-corrected chi connectivity index (χ4v) is 3.70. The van der Waals surface area contributed by atoms with Crippen LogP contribution in [0.15, 0.2) is 0 Å². The van der Waals surface area contributed by atoms with Crippen LogP contribution in [0.5, 0.6) is 0 Å². The largest absolute Gasteiger partial charge is 0.333 e. The molecule has 5 nitrogen and oxygen atoms in total. The zero-order chi connectivity index (χ0) is 15.0. The minimum atomic E-state index is -0.110. The predicted molar refractivity (Wildman–Crippen MR) is 81.1 cm³/mol. The molecule has 1 aliphatic carbocycles. The SMILES string of the molecule is CC(C)(C)c1nc(C(=O)N2CCCC3CCCCC32)n[nH]1. The second-order valence-electron chi connectivity index (χ2n) is 7.51. The Hall–Kier alpha value is -1.39. The van der Waals surface area contributed by atoms with Crippen molar-refractivity contribution in [3.8, 4) is 0 Å². The fourth-order valence-electron chi connectivity index (χ4n) is 3.70. The molecule has 3 rings (SSSR count). The summed E-state index contributed by atoms with van der Waals surface area (Å²) in [5, 5.41) is 7.10. The number of fused-ring (bicyclic) bond motifs is 1. The highest BCUT2D eigenvalue weighted by molar-refractivity contribution is 5.90. The summed E-state index contributed by atoms with van der Waals surface area (Å²) in [6.07, 6.45) is 7.37. The van der Waals surface area contributed by atoms with Gasteiger partial charge >= 0.3 is 0 Å². The zero-order valence-electron chi connectivity index (χ0n) is 13.4. The van der Waals surface area contributed by atoms with Gasteiger partial charge in [0.15, 0.2) is 0 Å². The number of rotatable bonds is 1. The zero-order valence-corrected chi connectivity index (χ0v) is 13.4. The van der Waals surface area contributed by atoms with Gasteiger partial charge in [0, 0.05) is 18.0 Å². The van der Waals surface area contributed by atoms with Gasteiger partial charge in [-0.1, -0.05) is 33.6 Å². The van der Waals surface area contributed by atoms with Crippen molar-refractivity contribution >= 4 is 5.91 Å². The van der Waals surface area contributed by atoms with Gasteiger partial charge in [-0.3, -0.25) is 9.89 Å². The van der Waals surface area contributed by atoms with E-state index in [1.54, 1.807) is 0 Å². The molecule has 1 N–H and O–H groups in total. The number of carbonyl (C=O) groups is 1. The Balaban J connectivity index is 1.79. The summed E-state index contributed by atoms with van der Waals surface area (Å²) in [7, 11) is 0. The highest BCUT2D eigenvalue weighted by Crippen LogP contribution is 2.35. The summed E-state index contributed by atoms with van der Waals surface area (Å²) in [5.74, 6) is 1.82. The average Bonchev–Trinajstić information content (AvgIpc) is 2.96. The minimum absolute atomic E-state index is 0.0124. The molecule has 2 heterocycles. The maximum atomic E-state index is 12.8. The van der Waals surface area contributed by atoms with Crippen LogP contribution in [-0.2, 0) is 5.41 Å². The first-order valence-corrected chi connectivity index (χ1v) is 8.20. The lowest BCUT2D eigenvalue weighted by Gasteiger charge is -2.43. The maximum absolute atomic E-state index is 12.8. The number of likely N-dealkylation sites (tertiary alicyclic amines) is 1. The van der Waals surface area contributed by atoms with Crippen LogP contribution >= 0.6 is 0 Å². The van der Waals surface area contributed by atoms with Gasteiger partial charge < -0.3 is 4.90 Å². The molecule has 2 atom stereocenters. The van der Waals surface area contributed by atoms with Gasteiger partial charge in [0.05, 0.1) is 0 Å². The average molecular weight is 290 g/mol. The van der Waals surface area contributed by atoms with Crippen molar-refractivity contribution < 1.29 is 4.79 Å². The Morgan fingerprint density at radius 3 is 2.62 bits per heavy atom. The Morgan fingerprint density at radius 2 is 1.90 bits per heavy atom. The predicted octanol–water partition coefficient (Wildman–Crippen LogP) is 2.90. The van der Waals surface area contributed by atoms with E-state index in [9.17, 15) is 4.79 Å². The summed E-state index contributed by atoms with van der Waals surface area (Å²) >= 11 is 0. The molecule has 5 heteroatoms. The number of amides is 1. The summed E-state index contributed by atoms with van der Waals surface area (Å²) in [6, 6.07) is 0.414. The van der Waals surface area contributed by atoms with Crippen molar-refractivity contribution in [3.05, 3.63) is 11.6 Å². The third-order valence-corrected chi connectivity index (χ3v) is 4.89. The first kappa shape index (κ1) is 14.5. The molecule has 0 radical (unpaired) electrons. The molecule has 1 aliphatic heterocycles. The van der Waals surface area contributed by atoms with Crippen molar-refractivity contribution in [2.45, 2.75) is 70.8 Å². The summed E-state index contributed by atoms with van der Waals surface area (Å²) < 4.78 is 0. The van der Waals surface area contributed by atoms with Crippen LogP contribution in [0.1, 0.15) is 75.7 Å². The van der Waals surface area contributed by atoms with E-state index in [2.05, 4.69) is 36.0 Å². The molecule has 21 heavy (non-hydrogen) atoms. The van der Waals surface area contributed by atoms with Gasteiger partial charge in [-0.05, 0) is 31.6 Å². The molecule has 0 aromatic carbocycles. The lowest BCUT2D eigenvalue weighted by Crippen LogP contribution is -2.49.